The number of amidine groups is 1. The van der Waals surface area contributed by atoms with Crippen molar-refractivity contribution in [2.45, 2.75) is 50.2 Å². The summed E-state index contributed by atoms with van der Waals surface area (Å²) in [6.45, 7) is 2.20. The number of nitrogens with zero attached hydrogens (tertiary/aromatic N) is 2. The molecule has 146 valence electrons. The van der Waals surface area contributed by atoms with Crippen molar-refractivity contribution in [2.75, 3.05) is 18.4 Å². The molecule has 1 spiro atoms. The van der Waals surface area contributed by atoms with Crippen LogP contribution >= 0.6 is 11.3 Å². The molecule has 2 N–H and O–H groups in total. The van der Waals surface area contributed by atoms with Crippen LogP contribution in [0, 0.1) is 0 Å². The second-order valence-electron chi connectivity index (χ2n) is 8.09. The van der Waals surface area contributed by atoms with E-state index >= 15 is 0 Å². The number of para-hydroxylation sites is 1. The van der Waals surface area contributed by atoms with Crippen LogP contribution in [-0.2, 0) is 6.54 Å². The molecule has 0 radical (unpaired) electrons. The van der Waals surface area contributed by atoms with E-state index in [2.05, 4.69) is 34.9 Å². The van der Waals surface area contributed by atoms with E-state index in [-0.39, 0.29) is 11.4 Å². The molecule has 0 bridgehead atoms. The normalized spacial score (nSPS) is 26.4. The fourth-order valence-electron chi connectivity index (χ4n) is 4.64. The highest BCUT2D eigenvalue weighted by atomic mass is 32.1. The minimum Gasteiger partial charge on any atom is -0.342 e. The van der Waals surface area contributed by atoms with Crippen molar-refractivity contribution in [3.63, 3.8) is 0 Å². The van der Waals surface area contributed by atoms with E-state index in [0.717, 1.165) is 35.9 Å². The van der Waals surface area contributed by atoms with Gasteiger partial charge in [-0.3, -0.25) is 15.1 Å². The first-order chi connectivity index (χ1) is 13.7. The van der Waals surface area contributed by atoms with Crippen LogP contribution in [0.5, 0.6) is 0 Å². The fraction of sp³-hybridized carbons (Fsp3) is 0.455. The number of rotatable bonds is 2. The number of fused-ring (bicyclic) bond motifs is 1. The van der Waals surface area contributed by atoms with Crippen LogP contribution in [0.1, 0.15) is 47.3 Å². The molecule has 28 heavy (non-hydrogen) atoms. The van der Waals surface area contributed by atoms with Crippen LogP contribution in [0.2, 0.25) is 0 Å². The van der Waals surface area contributed by atoms with E-state index in [1.165, 1.54) is 42.6 Å². The summed E-state index contributed by atoms with van der Waals surface area (Å²) in [6, 6.07) is 12.7. The molecular formula is C22H26N4OS. The zero-order valence-electron chi connectivity index (χ0n) is 16.0. The Hall–Kier alpha value is -2.18. The standard InChI is InChI=1S/C22H26N4OS/c27-20(19-10-5-13-28-19)26-12-11-22(15-26)21(24-17-7-2-3-8-17)25-18-9-4-1-6-16(18)14-23-22/h1,4-6,9-10,13,17,23H,2-3,7-8,11-12,14-15H2,(H,24,25). The Balaban J connectivity index is 1.47. The lowest BCUT2D eigenvalue weighted by atomic mass is 9.96. The number of likely N-dealkylation sites (tertiary alicyclic amines) is 1. The lowest BCUT2D eigenvalue weighted by Gasteiger charge is -2.31. The van der Waals surface area contributed by atoms with Gasteiger partial charge in [0, 0.05) is 25.3 Å². The zero-order valence-corrected chi connectivity index (χ0v) is 16.8. The maximum absolute atomic E-state index is 12.9. The molecule has 1 unspecified atom stereocenters. The van der Waals surface area contributed by atoms with E-state index in [9.17, 15) is 4.79 Å². The predicted octanol–water partition coefficient (Wildman–Crippen LogP) is 3.89. The fourth-order valence-corrected chi connectivity index (χ4v) is 5.33. The van der Waals surface area contributed by atoms with Crippen LogP contribution in [0.15, 0.2) is 46.8 Å². The minimum absolute atomic E-state index is 0.135. The van der Waals surface area contributed by atoms with Crippen molar-refractivity contribution in [1.29, 1.82) is 0 Å². The number of hydrogen-bond donors (Lipinski definition) is 2. The Labute approximate surface area is 169 Å². The first-order valence-electron chi connectivity index (χ1n) is 10.2. The molecule has 2 aromatic rings. The van der Waals surface area contributed by atoms with Gasteiger partial charge in [0.25, 0.3) is 5.91 Å². The molecule has 1 saturated carbocycles. The summed E-state index contributed by atoms with van der Waals surface area (Å²) in [5.74, 6) is 1.15. The second-order valence-corrected chi connectivity index (χ2v) is 9.04. The van der Waals surface area contributed by atoms with Crippen molar-refractivity contribution in [1.82, 2.24) is 10.2 Å². The molecule has 2 fully saturated rings. The van der Waals surface area contributed by atoms with Crippen LogP contribution in [0.4, 0.5) is 5.69 Å². The maximum atomic E-state index is 12.9. The summed E-state index contributed by atoms with van der Waals surface area (Å²) < 4.78 is 0. The van der Waals surface area contributed by atoms with Crippen molar-refractivity contribution in [3.05, 3.63) is 52.2 Å². The van der Waals surface area contributed by atoms with Gasteiger partial charge in [0.1, 0.15) is 5.84 Å². The van der Waals surface area contributed by atoms with E-state index in [1.54, 1.807) is 0 Å². The van der Waals surface area contributed by atoms with Crippen molar-refractivity contribution in [2.24, 2.45) is 4.99 Å². The molecule has 1 amide bonds. The monoisotopic (exact) mass is 394 g/mol. The summed E-state index contributed by atoms with van der Waals surface area (Å²) >= 11 is 1.52. The van der Waals surface area contributed by atoms with E-state index in [0.29, 0.717) is 12.6 Å². The molecule has 1 aromatic heterocycles. The lowest BCUT2D eigenvalue weighted by molar-refractivity contribution is 0.0790. The van der Waals surface area contributed by atoms with Crippen LogP contribution < -0.4 is 10.6 Å². The SMILES string of the molecule is O=C(c1cccs1)N1CCC2(C1)NCc1ccccc1NC2=NC1CCCC1. The molecule has 1 atom stereocenters. The highest BCUT2D eigenvalue weighted by Crippen LogP contribution is 2.32. The number of nitrogens with one attached hydrogen (secondary N) is 2. The molecule has 1 aliphatic carbocycles. The number of benzene rings is 1. The Morgan fingerprint density at radius 2 is 2.04 bits per heavy atom. The van der Waals surface area contributed by atoms with E-state index in [4.69, 9.17) is 4.99 Å². The third kappa shape index (κ3) is 3.25. The Bertz CT molecular complexity index is 888. The van der Waals surface area contributed by atoms with Crippen LogP contribution in [-0.4, -0.2) is 41.3 Å². The number of thiophene rings is 1. The van der Waals surface area contributed by atoms with Gasteiger partial charge in [0.15, 0.2) is 0 Å². The first-order valence-corrected chi connectivity index (χ1v) is 11.1. The number of hydrogen-bond acceptors (Lipinski definition) is 4. The Kier molecular flexibility index (Phi) is 4.69. The summed E-state index contributed by atoms with van der Waals surface area (Å²) in [7, 11) is 0. The van der Waals surface area contributed by atoms with Crippen LogP contribution in [0.3, 0.4) is 0 Å². The van der Waals surface area contributed by atoms with Gasteiger partial charge in [-0.25, -0.2) is 0 Å². The molecule has 5 rings (SSSR count). The van der Waals surface area contributed by atoms with Gasteiger partial charge >= 0.3 is 0 Å². The molecule has 3 heterocycles. The van der Waals surface area contributed by atoms with Gasteiger partial charge in [-0.15, -0.1) is 11.3 Å². The quantitative estimate of drug-likeness (QED) is 0.812. The molecule has 3 aliphatic rings. The minimum atomic E-state index is -0.297. The van der Waals surface area contributed by atoms with Gasteiger partial charge in [0.05, 0.1) is 16.5 Å². The number of carbonyl (C=O) groups excluding carboxylic acids is 1. The summed E-state index contributed by atoms with van der Waals surface area (Å²) in [6.07, 6.45) is 5.75. The molecular weight excluding hydrogens is 368 g/mol. The number of amides is 1. The number of aliphatic imine (C=N–C) groups is 1. The summed E-state index contributed by atoms with van der Waals surface area (Å²) in [5.41, 5.74) is 2.09. The van der Waals surface area contributed by atoms with Gasteiger partial charge in [-0.2, -0.15) is 0 Å². The van der Waals surface area contributed by atoms with Crippen molar-refractivity contribution < 1.29 is 4.79 Å². The largest absolute Gasteiger partial charge is 0.342 e. The van der Waals surface area contributed by atoms with E-state index < -0.39 is 0 Å². The van der Waals surface area contributed by atoms with Crippen molar-refractivity contribution in [3.8, 4) is 0 Å². The second kappa shape index (κ2) is 7.33. The molecule has 5 nitrogen and oxygen atoms in total. The highest BCUT2D eigenvalue weighted by molar-refractivity contribution is 7.12. The maximum Gasteiger partial charge on any atom is 0.263 e. The topological polar surface area (TPSA) is 56.7 Å². The van der Waals surface area contributed by atoms with Gasteiger partial charge in [0.2, 0.25) is 0 Å². The average Bonchev–Trinajstić information content (AvgIpc) is 3.46. The number of carbonyl (C=O) groups is 1. The van der Waals surface area contributed by atoms with Gasteiger partial charge in [-0.05, 0) is 42.3 Å². The zero-order chi connectivity index (χ0) is 19.0. The highest BCUT2D eigenvalue weighted by Gasteiger charge is 2.46. The summed E-state index contributed by atoms with van der Waals surface area (Å²) in [5, 5.41) is 9.42. The molecule has 1 aromatic carbocycles. The molecule has 6 heteroatoms. The Morgan fingerprint density at radius 3 is 2.86 bits per heavy atom. The summed E-state index contributed by atoms with van der Waals surface area (Å²) in [4.78, 5) is 20.9. The third-order valence-corrected chi connectivity index (χ3v) is 7.12. The van der Waals surface area contributed by atoms with Crippen molar-refractivity contribution >= 4 is 28.8 Å². The molecule has 2 aliphatic heterocycles. The average molecular weight is 395 g/mol. The molecule has 1 saturated heterocycles. The predicted molar refractivity (Wildman–Crippen MR) is 114 cm³/mol. The number of anilines is 1. The smallest absolute Gasteiger partial charge is 0.263 e. The van der Waals surface area contributed by atoms with E-state index in [1.807, 2.05) is 22.4 Å². The van der Waals surface area contributed by atoms with Gasteiger partial charge in [-0.1, -0.05) is 37.1 Å². The van der Waals surface area contributed by atoms with Crippen LogP contribution in [0.25, 0.3) is 0 Å². The third-order valence-electron chi connectivity index (χ3n) is 6.27. The van der Waals surface area contributed by atoms with Gasteiger partial charge < -0.3 is 10.2 Å². The Morgan fingerprint density at radius 1 is 1.18 bits per heavy atom. The lowest BCUT2D eigenvalue weighted by Crippen LogP contribution is -2.55. The first kappa shape index (κ1) is 17.9.